The van der Waals surface area contributed by atoms with Crippen LogP contribution in [0.1, 0.15) is 38.5 Å². The van der Waals surface area contributed by atoms with Crippen molar-refractivity contribution in [2.24, 2.45) is 5.92 Å². The van der Waals surface area contributed by atoms with Gasteiger partial charge in [0.1, 0.15) is 0 Å². The standard InChI is InChI=1S/C14H28N2O/c1-15-14(5-4-8-17-3)11-9-12-6-7-13(10-11)16(12)2/h11-15H,4-10H2,1-3H3. The third-order valence-electron chi connectivity index (χ3n) is 4.94. The van der Waals surface area contributed by atoms with Gasteiger partial charge >= 0.3 is 0 Å². The summed E-state index contributed by atoms with van der Waals surface area (Å²) in [5.74, 6) is 0.880. The monoisotopic (exact) mass is 240 g/mol. The normalized spacial score (nSPS) is 35.1. The number of nitrogens with zero attached hydrogens (tertiary/aromatic N) is 1. The zero-order valence-corrected chi connectivity index (χ0v) is 11.6. The van der Waals surface area contributed by atoms with Crippen molar-refractivity contribution < 1.29 is 4.74 Å². The van der Waals surface area contributed by atoms with Gasteiger partial charge in [0.25, 0.3) is 0 Å². The molecule has 2 bridgehead atoms. The number of rotatable bonds is 6. The Morgan fingerprint density at radius 1 is 1.29 bits per heavy atom. The largest absolute Gasteiger partial charge is 0.385 e. The van der Waals surface area contributed by atoms with Crippen molar-refractivity contribution in [2.75, 3.05) is 27.8 Å². The first-order chi connectivity index (χ1) is 8.26. The van der Waals surface area contributed by atoms with Crippen LogP contribution < -0.4 is 5.32 Å². The maximum absolute atomic E-state index is 5.16. The van der Waals surface area contributed by atoms with Crippen LogP contribution in [0.3, 0.4) is 0 Å². The topological polar surface area (TPSA) is 24.5 Å². The summed E-state index contributed by atoms with van der Waals surface area (Å²) >= 11 is 0. The first kappa shape index (κ1) is 13.3. The van der Waals surface area contributed by atoms with Crippen LogP contribution in [0, 0.1) is 5.92 Å². The molecule has 0 spiro atoms. The second kappa shape index (κ2) is 6.17. The third-order valence-corrected chi connectivity index (χ3v) is 4.94. The molecule has 2 rings (SSSR count). The first-order valence-electron chi connectivity index (χ1n) is 7.14. The second-order valence-corrected chi connectivity index (χ2v) is 5.81. The van der Waals surface area contributed by atoms with E-state index in [1.165, 1.54) is 38.5 Å². The molecule has 3 nitrogen and oxygen atoms in total. The van der Waals surface area contributed by atoms with Crippen LogP contribution >= 0.6 is 0 Å². The summed E-state index contributed by atoms with van der Waals surface area (Å²) in [6, 6.07) is 2.41. The quantitative estimate of drug-likeness (QED) is 0.717. The molecule has 0 radical (unpaired) electrons. The second-order valence-electron chi connectivity index (χ2n) is 5.81. The molecule has 2 aliphatic rings. The van der Waals surface area contributed by atoms with Crippen molar-refractivity contribution in [2.45, 2.75) is 56.7 Å². The molecule has 0 aromatic carbocycles. The fourth-order valence-electron chi connectivity index (χ4n) is 3.85. The lowest BCUT2D eigenvalue weighted by atomic mass is 9.83. The average molecular weight is 240 g/mol. The van der Waals surface area contributed by atoms with Crippen LogP contribution in [0.15, 0.2) is 0 Å². The van der Waals surface area contributed by atoms with Crippen LogP contribution in [0.4, 0.5) is 0 Å². The predicted molar refractivity (Wildman–Crippen MR) is 71.3 cm³/mol. The number of hydrogen-bond donors (Lipinski definition) is 1. The van der Waals surface area contributed by atoms with E-state index in [0.29, 0.717) is 6.04 Å². The lowest BCUT2D eigenvalue weighted by molar-refractivity contribution is 0.107. The Morgan fingerprint density at radius 3 is 2.47 bits per heavy atom. The first-order valence-corrected chi connectivity index (χ1v) is 7.14. The number of methoxy groups -OCH3 is 1. The summed E-state index contributed by atoms with van der Waals surface area (Å²) in [5, 5.41) is 3.54. The number of fused-ring (bicyclic) bond motifs is 2. The molecule has 2 saturated heterocycles. The van der Waals surface area contributed by atoms with Crippen molar-refractivity contribution in [3.63, 3.8) is 0 Å². The fraction of sp³-hybridized carbons (Fsp3) is 1.00. The molecule has 2 aliphatic heterocycles. The smallest absolute Gasteiger partial charge is 0.0462 e. The Bertz CT molecular complexity index is 220. The number of nitrogens with one attached hydrogen (secondary N) is 1. The van der Waals surface area contributed by atoms with Gasteiger partial charge in [-0.1, -0.05) is 0 Å². The molecule has 0 aliphatic carbocycles. The molecule has 0 saturated carbocycles. The van der Waals surface area contributed by atoms with E-state index in [4.69, 9.17) is 4.74 Å². The Balaban J connectivity index is 1.84. The van der Waals surface area contributed by atoms with Crippen LogP contribution in [0.2, 0.25) is 0 Å². The maximum Gasteiger partial charge on any atom is 0.0462 e. The summed E-state index contributed by atoms with van der Waals surface area (Å²) in [4.78, 5) is 2.62. The molecule has 0 aromatic rings. The van der Waals surface area contributed by atoms with E-state index in [9.17, 15) is 0 Å². The molecule has 0 amide bonds. The minimum atomic E-state index is 0.696. The maximum atomic E-state index is 5.16. The minimum Gasteiger partial charge on any atom is -0.385 e. The number of ether oxygens (including phenoxy) is 1. The van der Waals surface area contributed by atoms with Gasteiger partial charge in [-0.3, -0.25) is 0 Å². The molecule has 3 atom stereocenters. The van der Waals surface area contributed by atoms with Gasteiger partial charge in [-0.15, -0.1) is 0 Å². The Labute approximate surface area is 106 Å². The summed E-state index contributed by atoms with van der Waals surface area (Å²) in [5.41, 5.74) is 0. The molecule has 3 unspecified atom stereocenters. The van der Waals surface area contributed by atoms with Gasteiger partial charge in [0.15, 0.2) is 0 Å². The molecular weight excluding hydrogens is 212 g/mol. The average Bonchev–Trinajstić information content (AvgIpc) is 2.56. The fourth-order valence-corrected chi connectivity index (χ4v) is 3.85. The van der Waals surface area contributed by atoms with Crippen LogP contribution in [-0.2, 0) is 4.74 Å². The van der Waals surface area contributed by atoms with Crippen molar-refractivity contribution >= 4 is 0 Å². The van der Waals surface area contributed by atoms with Crippen LogP contribution in [0.25, 0.3) is 0 Å². The van der Waals surface area contributed by atoms with Gasteiger partial charge in [0.05, 0.1) is 0 Å². The zero-order valence-electron chi connectivity index (χ0n) is 11.6. The highest BCUT2D eigenvalue weighted by Crippen LogP contribution is 2.39. The van der Waals surface area contributed by atoms with E-state index in [1.807, 2.05) is 0 Å². The van der Waals surface area contributed by atoms with Crippen molar-refractivity contribution in [1.82, 2.24) is 10.2 Å². The van der Waals surface area contributed by atoms with E-state index < -0.39 is 0 Å². The highest BCUT2D eigenvalue weighted by Gasteiger charge is 2.40. The lowest BCUT2D eigenvalue weighted by Gasteiger charge is -2.39. The molecule has 2 heterocycles. The van der Waals surface area contributed by atoms with E-state index in [0.717, 1.165) is 24.6 Å². The van der Waals surface area contributed by atoms with Gasteiger partial charge in [0.2, 0.25) is 0 Å². The highest BCUT2D eigenvalue weighted by molar-refractivity contribution is 4.96. The van der Waals surface area contributed by atoms with Gasteiger partial charge in [-0.25, -0.2) is 0 Å². The van der Waals surface area contributed by atoms with Gasteiger partial charge < -0.3 is 15.0 Å². The lowest BCUT2D eigenvalue weighted by Crippen LogP contribution is -2.46. The van der Waals surface area contributed by atoms with E-state index in [1.54, 1.807) is 7.11 Å². The Kier molecular flexibility index (Phi) is 4.83. The summed E-state index contributed by atoms with van der Waals surface area (Å²) in [6.07, 6.45) is 8.08. The molecule has 2 fully saturated rings. The molecule has 0 aromatic heterocycles. The number of piperidine rings is 1. The molecule has 100 valence electrons. The van der Waals surface area contributed by atoms with Crippen LogP contribution in [-0.4, -0.2) is 50.8 Å². The van der Waals surface area contributed by atoms with Gasteiger partial charge in [0, 0.05) is 31.8 Å². The van der Waals surface area contributed by atoms with Crippen molar-refractivity contribution in [3.05, 3.63) is 0 Å². The minimum absolute atomic E-state index is 0.696. The van der Waals surface area contributed by atoms with Crippen molar-refractivity contribution in [3.8, 4) is 0 Å². The molecular formula is C14H28N2O. The highest BCUT2D eigenvalue weighted by atomic mass is 16.5. The van der Waals surface area contributed by atoms with Crippen molar-refractivity contribution in [1.29, 1.82) is 0 Å². The van der Waals surface area contributed by atoms with E-state index in [2.05, 4.69) is 24.3 Å². The Hall–Kier alpha value is -0.120. The summed E-state index contributed by atoms with van der Waals surface area (Å²) < 4.78 is 5.16. The molecule has 3 heteroatoms. The number of hydrogen-bond acceptors (Lipinski definition) is 3. The van der Waals surface area contributed by atoms with E-state index in [-0.39, 0.29) is 0 Å². The SMILES string of the molecule is CNC(CCCOC)C1CC2CCC(C1)N2C. The molecule has 17 heavy (non-hydrogen) atoms. The van der Waals surface area contributed by atoms with Crippen LogP contribution in [0.5, 0.6) is 0 Å². The van der Waals surface area contributed by atoms with Gasteiger partial charge in [-0.05, 0) is 58.5 Å². The molecule has 1 N–H and O–H groups in total. The summed E-state index contributed by atoms with van der Waals surface area (Å²) in [7, 11) is 6.24. The Morgan fingerprint density at radius 2 is 1.94 bits per heavy atom. The zero-order chi connectivity index (χ0) is 12.3. The van der Waals surface area contributed by atoms with E-state index >= 15 is 0 Å². The predicted octanol–water partition coefficient (Wildman–Crippen LogP) is 1.87. The van der Waals surface area contributed by atoms with Gasteiger partial charge in [-0.2, -0.15) is 0 Å². The summed E-state index contributed by atoms with van der Waals surface area (Å²) in [6.45, 7) is 0.900. The third kappa shape index (κ3) is 3.01.